The molecule has 228 valence electrons. The van der Waals surface area contributed by atoms with Crippen LogP contribution >= 0.6 is 0 Å². The van der Waals surface area contributed by atoms with E-state index in [1.807, 2.05) is 74.5 Å². The van der Waals surface area contributed by atoms with Gasteiger partial charge in [-0.3, -0.25) is 4.31 Å². The molecule has 1 aliphatic carbocycles. The first-order valence-electron chi connectivity index (χ1n) is 14.9. The van der Waals surface area contributed by atoms with Crippen molar-refractivity contribution >= 4 is 37.0 Å². The Labute approximate surface area is 270 Å². The molecule has 2 aliphatic rings. The number of hydrogen-bond acceptors (Lipinski definition) is 4. The van der Waals surface area contributed by atoms with Crippen LogP contribution in [0.1, 0.15) is 22.3 Å². The van der Waals surface area contributed by atoms with Crippen molar-refractivity contribution in [3.05, 3.63) is 173 Å². The van der Waals surface area contributed by atoms with Crippen molar-refractivity contribution in [1.29, 1.82) is 0 Å². The lowest BCUT2D eigenvalue weighted by Crippen LogP contribution is -2.58. The normalized spacial score (nSPS) is 17.3. The van der Waals surface area contributed by atoms with E-state index < -0.39 is 32.1 Å². The highest BCUT2D eigenvalue weighted by atomic mass is 32.2. The van der Waals surface area contributed by atoms with Crippen molar-refractivity contribution in [3.63, 3.8) is 0 Å². The lowest BCUT2D eigenvalue weighted by molar-refractivity contribution is 0.559. The molecule has 0 fully saturated rings. The average molecular weight is 644 g/mol. The van der Waals surface area contributed by atoms with Gasteiger partial charge in [-0.15, -0.1) is 0 Å². The van der Waals surface area contributed by atoms with Gasteiger partial charge in [-0.25, -0.2) is 21.1 Å². The third kappa shape index (κ3) is 4.83. The first-order valence-corrected chi connectivity index (χ1v) is 17.8. The monoisotopic (exact) mass is 643 g/mol. The Hall–Kier alpha value is -5.01. The summed E-state index contributed by atoms with van der Waals surface area (Å²) in [4.78, 5) is 0.235. The number of nitrogens with zero attached hydrogens (tertiary/aromatic N) is 2. The number of benzene rings is 5. The van der Waals surface area contributed by atoms with Crippen molar-refractivity contribution in [1.82, 2.24) is 0 Å². The van der Waals surface area contributed by atoms with Crippen molar-refractivity contribution in [2.75, 3.05) is 8.61 Å². The molecule has 5 aromatic rings. The summed E-state index contributed by atoms with van der Waals surface area (Å²) in [5.74, 6) is 0. The molecule has 0 amide bonds. The Kier molecular flexibility index (Phi) is 7.36. The van der Waals surface area contributed by atoms with Gasteiger partial charge in [0.2, 0.25) is 5.57 Å². The van der Waals surface area contributed by atoms with Crippen LogP contribution in [0.3, 0.4) is 0 Å². The number of anilines is 2. The first-order chi connectivity index (χ1) is 22.2. The summed E-state index contributed by atoms with van der Waals surface area (Å²) in [7, 11) is -8.36. The molecular formula is C38H31N2O4S2+. The zero-order chi connectivity index (χ0) is 32.1. The maximum Gasteiger partial charge on any atom is 0.265 e. The highest BCUT2D eigenvalue weighted by molar-refractivity contribution is 7.93. The van der Waals surface area contributed by atoms with E-state index in [0.717, 1.165) is 27.8 Å². The molecule has 46 heavy (non-hydrogen) atoms. The van der Waals surface area contributed by atoms with E-state index >= 15 is 0 Å². The van der Waals surface area contributed by atoms with Crippen LogP contribution in [0.2, 0.25) is 0 Å². The fourth-order valence-electron chi connectivity index (χ4n) is 6.31. The quantitative estimate of drug-likeness (QED) is 0.182. The maximum atomic E-state index is 14.9. The van der Waals surface area contributed by atoms with Crippen molar-refractivity contribution in [2.45, 2.75) is 35.7 Å². The fraction of sp³-hybridized carbons (Fsp3) is 0.105. The molecule has 0 saturated carbocycles. The van der Waals surface area contributed by atoms with Gasteiger partial charge in [0.05, 0.1) is 38.4 Å². The number of fused-ring (bicyclic) bond motifs is 2. The van der Waals surface area contributed by atoms with Gasteiger partial charge in [0.25, 0.3) is 20.0 Å². The number of sulfonamides is 2. The maximum absolute atomic E-state index is 14.9. The number of rotatable bonds is 6. The molecule has 0 saturated heterocycles. The zero-order valence-electron chi connectivity index (χ0n) is 25.3. The van der Waals surface area contributed by atoms with E-state index in [1.54, 1.807) is 78.9 Å². The second kappa shape index (κ2) is 11.4. The molecule has 1 heterocycles. The van der Waals surface area contributed by atoms with Gasteiger partial charge in [-0.1, -0.05) is 72.8 Å². The van der Waals surface area contributed by atoms with Gasteiger partial charge < -0.3 is 0 Å². The molecule has 6 nitrogen and oxygen atoms in total. The molecule has 0 spiro atoms. The Morgan fingerprint density at radius 3 is 1.41 bits per heavy atom. The largest absolute Gasteiger partial charge is 0.265 e. The smallest absolute Gasteiger partial charge is 0.252 e. The Morgan fingerprint density at radius 2 is 0.957 bits per heavy atom. The minimum Gasteiger partial charge on any atom is -0.252 e. The SMILES string of the molecule is Cc1cc2c(cc1C)N(S(=O)(=O)c1ccccc1)C1C(=C(c3ccccc3)c3ccccc3)[C+]=CC1N2S(=O)(=O)c1ccccc1. The molecule has 1 aliphatic heterocycles. The van der Waals surface area contributed by atoms with Gasteiger partial charge in [0.1, 0.15) is 23.7 Å². The highest BCUT2D eigenvalue weighted by Crippen LogP contribution is 2.50. The standard InChI is InChI=1S/C38H31N2O4S2/c1-27-25-35-36(26-28(27)2)40(46(43,44)32-21-13-6-14-22-32)38-33(37(29-15-7-3-8-16-29)30-17-9-4-10-18-30)23-24-34(38)39(35)45(41,42)31-19-11-5-12-20-31/h3-22,24-26,34,38H,1-2H3/q+1. The minimum atomic E-state index is -4.21. The summed E-state index contributed by atoms with van der Waals surface area (Å²) in [6.45, 7) is 3.80. The Morgan fingerprint density at radius 1 is 0.565 bits per heavy atom. The van der Waals surface area contributed by atoms with Crippen LogP contribution in [0.4, 0.5) is 11.4 Å². The predicted octanol–water partition coefficient (Wildman–Crippen LogP) is 7.32. The lowest BCUT2D eigenvalue weighted by Gasteiger charge is -2.44. The fourth-order valence-corrected chi connectivity index (χ4v) is 9.60. The topological polar surface area (TPSA) is 74.8 Å². The van der Waals surface area contributed by atoms with Gasteiger partial charge in [0, 0.05) is 0 Å². The lowest BCUT2D eigenvalue weighted by atomic mass is 9.89. The molecule has 5 aromatic carbocycles. The molecule has 0 bridgehead atoms. The van der Waals surface area contributed by atoms with E-state index in [9.17, 15) is 16.8 Å². The summed E-state index contributed by atoms with van der Waals surface area (Å²) in [5.41, 5.74) is 5.38. The van der Waals surface area contributed by atoms with Crippen LogP contribution in [0.25, 0.3) is 5.57 Å². The summed E-state index contributed by atoms with van der Waals surface area (Å²) >= 11 is 0. The summed E-state index contributed by atoms with van der Waals surface area (Å²) in [6, 6.07) is 37.7. The van der Waals surface area contributed by atoms with Crippen molar-refractivity contribution < 1.29 is 16.8 Å². The third-order valence-corrected chi connectivity index (χ3v) is 12.2. The van der Waals surface area contributed by atoms with Crippen LogP contribution in [0, 0.1) is 19.9 Å². The molecule has 7 rings (SSSR count). The van der Waals surface area contributed by atoms with E-state index in [-0.39, 0.29) is 9.79 Å². The minimum absolute atomic E-state index is 0.115. The third-order valence-electron chi connectivity index (χ3n) is 8.61. The van der Waals surface area contributed by atoms with E-state index in [4.69, 9.17) is 0 Å². The van der Waals surface area contributed by atoms with Gasteiger partial charge >= 0.3 is 0 Å². The summed E-state index contributed by atoms with van der Waals surface area (Å²) in [6.07, 6.45) is 5.12. The van der Waals surface area contributed by atoms with E-state index in [0.29, 0.717) is 16.9 Å². The molecular weight excluding hydrogens is 613 g/mol. The summed E-state index contributed by atoms with van der Waals surface area (Å²) in [5, 5.41) is 0. The average Bonchev–Trinajstić information content (AvgIpc) is 3.49. The van der Waals surface area contributed by atoms with Gasteiger partial charge in [-0.2, -0.15) is 0 Å². The molecule has 0 N–H and O–H groups in total. The molecule has 2 unspecified atom stereocenters. The van der Waals surface area contributed by atoms with Crippen molar-refractivity contribution in [3.8, 4) is 0 Å². The molecule has 2 atom stereocenters. The molecule has 0 aromatic heterocycles. The van der Waals surface area contributed by atoms with Crippen LogP contribution in [0.5, 0.6) is 0 Å². The first kappa shape index (κ1) is 29.7. The molecule has 0 radical (unpaired) electrons. The van der Waals surface area contributed by atoms with Gasteiger partial charge in [0.15, 0.2) is 0 Å². The second-order valence-electron chi connectivity index (χ2n) is 11.4. The Bertz CT molecular complexity index is 2160. The zero-order valence-corrected chi connectivity index (χ0v) is 26.9. The van der Waals surface area contributed by atoms with E-state index in [1.165, 1.54) is 8.61 Å². The second-order valence-corrected chi connectivity index (χ2v) is 15.1. The molecule has 8 heteroatoms. The summed E-state index contributed by atoms with van der Waals surface area (Å²) < 4.78 is 61.8. The predicted molar refractivity (Wildman–Crippen MR) is 182 cm³/mol. The number of aryl methyl sites for hydroxylation is 2. The number of hydrogen-bond donors (Lipinski definition) is 0. The van der Waals surface area contributed by atoms with Crippen LogP contribution in [-0.4, -0.2) is 28.9 Å². The van der Waals surface area contributed by atoms with Crippen molar-refractivity contribution in [2.24, 2.45) is 0 Å². The van der Waals surface area contributed by atoms with Crippen LogP contribution in [-0.2, 0) is 20.0 Å². The highest BCUT2D eigenvalue weighted by Gasteiger charge is 2.56. The van der Waals surface area contributed by atoms with Gasteiger partial charge in [-0.05, 0) is 85.6 Å². The Balaban J connectivity index is 1.59. The van der Waals surface area contributed by atoms with Crippen LogP contribution < -0.4 is 8.61 Å². The van der Waals surface area contributed by atoms with Crippen LogP contribution in [0.15, 0.2) is 155 Å². The van der Waals surface area contributed by atoms with E-state index in [2.05, 4.69) is 6.08 Å².